The molecule has 2 heterocycles. The molecule has 8 heteroatoms. The average molecular weight is 443 g/mol. The zero-order chi connectivity index (χ0) is 23.4. The monoisotopic (exact) mass is 443 g/mol. The fourth-order valence-electron chi connectivity index (χ4n) is 3.44. The lowest BCUT2D eigenvalue weighted by Crippen LogP contribution is -2.28. The molecule has 2 aromatic heterocycles. The second-order valence-electron chi connectivity index (χ2n) is 7.13. The zero-order valence-electron chi connectivity index (χ0n) is 18.1. The molecule has 0 atom stereocenters. The lowest BCUT2D eigenvalue weighted by Gasteiger charge is -2.20. The molecule has 4 aromatic rings. The highest BCUT2D eigenvalue weighted by Gasteiger charge is 2.29. The van der Waals surface area contributed by atoms with Crippen molar-refractivity contribution in [3.05, 3.63) is 84.2 Å². The average Bonchev–Trinajstić information content (AvgIpc) is 3.21. The van der Waals surface area contributed by atoms with Gasteiger partial charge in [0, 0.05) is 11.8 Å². The second kappa shape index (κ2) is 9.35. The zero-order valence-corrected chi connectivity index (χ0v) is 18.1. The number of carboxylic acid groups (broad SMARTS) is 1. The summed E-state index contributed by atoms with van der Waals surface area (Å²) in [5.74, 6) is -0.216. The van der Waals surface area contributed by atoms with E-state index in [0.29, 0.717) is 28.5 Å². The first-order valence-corrected chi connectivity index (χ1v) is 10.3. The summed E-state index contributed by atoms with van der Waals surface area (Å²) in [5, 5.41) is 13.3. The van der Waals surface area contributed by atoms with Gasteiger partial charge >= 0.3 is 12.1 Å². The Hall–Kier alpha value is -4.46. The Kier molecular flexibility index (Phi) is 6.17. The Bertz CT molecular complexity index is 1280. The molecule has 0 saturated carbocycles. The van der Waals surface area contributed by atoms with Crippen molar-refractivity contribution in [1.29, 1.82) is 0 Å². The van der Waals surface area contributed by atoms with Crippen LogP contribution in [0.1, 0.15) is 23.0 Å². The minimum absolute atomic E-state index is 0.200. The van der Waals surface area contributed by atoms with Crippen LogP contribution in [0.15, 0.2) is 77.4 Å². The Balaban J connectivity index is 1.75. The lowest BCUT2D eigenvalue weighted by molar-refractivity contribution is 0.0697. The Morgan fingerprint density at radius 3 is 2.42 bits per heavy atom. The molecular weight excluding hydrogens is 422 g/mol. The summed E-state index contributed by atoms with van der Waals surface area (Å²) >= 11 is 0. The van der Waals surface area contributed by atoms with Crippen molar-refractivity contribution < 1.29 is 24.0 Å². The van der Waals surface area contributed by atoms with Crippen molar-refractivity contribution >= 4 is 23.6 Å². The van der Waals surface area contributed by atoms with Crippen LogP contribution in [0.25, 0.3) is 22.5 Å². The number of hydrogen-bond acceptors (Lipinski definition) is 6. The highest BCUT2D eigenvalue weighted by Crippen LogP contribution is 2.38. The van der Waals surface area contributed by atoms with E-state index < -0.39 is 12.1 Å². The summed E-state index contributed by atoms with van der Waals surface area (Å²) in [5.41, 5.74) is 3.46. The van der Waals surface area contributed by atoms with Crippen LogP contribution in [0.5, 0.6) is 0 Å². The topological polar surface area (TPSA) is 106 Å². The highest BCUT2D eigenvalue weighted by atomic mass is 16.6. The number of aromatic carboxylic acids is 1. The number of carbonyl (C=O) groups excluding carboxylic acids is 1. The van der Waals surface area contributed by atoms with Crippen LogP contribution < -0.4 is 4.90 Å². The molecule has 1 amide bonds. The van der Waals surface area contributed by atoms with E-state index in [1.54, 1.807) is 56.4 Å². The number of ether oxygens (including phenoxy) is 1. The van der Waals surface area contributed by atoms with E-state index >= 15 is 0 Å². The normalized spacial score (nSPS) is 10.6. The van der Waals surface area contributed by atoms with Crippen LogP contribution in [-0.4, -0.2) is 33.9 Å². The smallest absolute Gasteiger partial charge is 0.420 e. The summed E-state index contributed by atoms with van der Waals surface area (Å²) in [6.45, 7) is 3.67. The van der Waals surface area contributed by atoms with Crippen molar-refractivity contribution in [3.8, 4) is 22.5 Å². The Labute approximate surface area is 190 Å². The molecule has 166 valence electrons. The molecule has 0 unspecified atom stereocenters. The first-order valence-electron chi connectivity index (χ1n) is 10.3. The van der Waals surface area contributed by atoms with E-state index in [9.17, 15) is 14.7 Å². The predicted octanol–water partition coefficient (Wildman–Crippen LogP) is 5.70. The van der Waals surface area contributed by atoms with Gasteiger partial charge in [0.25, 0.3) is 0 Å². The molecule has 0 spiro atoms. The van der Waals surface area contributed by atoms with Gasteiger partial charge in [-0.05, 0) is 49.2 Å². The molecule has 1 N–H and O–H groups in total. The van der Waals surface area contributed by atoms with Gasteiger partial charge in [-0.15, -0.1) is 0 Å². The van der Waals surface area contributed by atoms with E-state index in [-0.39, 0.29) is 12.2 Å². The maximum atomic E-state index is 12.9. The van der Waals surface area contributed by atoms with Crippen LogP contribution in [0, 0.1) is 6.92 Å². The van der Waals surface area contributed by atoms with Gasteiger partial charge in [-0.2, -0.15) is 0 Å². The van der Waals surface area contributed by atoms with Crippen molar-refractivity contribution in [2.45, 2.75) is 13.8 Å². The lowest BCUT2D eigenvalue weighted by atomic mass is 10.0. The van der Waals surface area contributed by atoms with Crippen molar-refractivity contribution in [2.24, 2.45) is 0 Å². The van der Waals surface area contributed by atoms with Crippen molar-refractivity contribution in [2.75, 3.05) is 11.5 Å². The first-order chi connectivity index (χ1) is 16.0. The van der Waals surface area contributed by atoms with Crippen LogP contribution in [0.2, 0.25) is 0 Å². The van der Waals surface area contributed by atoms with E-state index in [1.807, 2.05) is 30.3 Å². The molecule has 33 heavy (non-hydrogen) atoms. The number of amides is 1. The molecule has 2 aromatic carbocycles. The third-order valence-corrected chi connectivity index (χ3v) is 4.97. The van der Waals surface area contributed by atoms with Crippen LogP contribution in [-0.2, 0) is 4.74 Å². The fourth-order valence-corrected chi connectivity index (χ4v) is 3.44. The van der Waals surface area contributed by atoms with Crippen LogP contribution in [0.4, 0.5) is 16.3 Å². The standard InChI is InChI=1S/C25H21N3O5/c1-3-32-25(31)28(21-9-4-5-14-26-21)22-16(2)27-33-23(22)18-12-10-17(11-13-18)19-7-6-8-20(15-19)24(29)30/h4-15H,3H2,1-2H3,(H,29,30). The van der Waals surface area contributed by atoms with Gasteiger partial charge in [0.1, 0.15) is 17.2 Å². The maximum absolute atomic E-state index is 12.9. The number of nitrogens with zero attached hydrogens (tertiary/aromatic N) is 3. The number of hydrogen-bond donors (Lipinski definition) is 1. The van der Waals surface area contributed by atoms with Crippen LogP contribution >= 0.6 is 0 Å². The SMILES string of the molecule is CCOC(=O)N(c1ccccn1)c1c(C)noc1-c1ccc(-c2cccc(C(=O)O)c2)cc1. The predicted molar refractivity (Wildman–Crippen MR) is 122 cm³/mol. The van der Waals surface area contributed by atoms with E-state index in [4.69, 9.17) is 9.26 Å². The minimum Gasteiger partial charge on any atom is -0.478 e. The van der Waals surface area contributed by atoms with Crippen molar-refractivity contribution in [1.82, 2.24) is 10.1 Å². The number of aromatic nitrogens is 2. The third kappa shape index (κ3) is 4.45. The highest BCUT2D eigenvalue weighted by molar-refractivity contribution is 5.99. The van der Waals surface area contributed by atoms with Gasteiger partial charge in [-0.3, -0.25) is 0 Å². The largest absolute Gasteiger partial charge is 0.478 e. The van der Waals surface area contributed by atoms with E-state index in [2.05, 4.69) is 10.1 Å². The number of rotatable bonds is 6. The third-order valence-electron chi connectivity index (χ3n) is 4.97. The van der Waals surface area contributed by atoms with Crippen LogP contribution in [0.3, 0.4) is 0 Å². The van der Waals surface area contributed by atoms with Crippen molar-refractivity contribution in [3.63, 3.8) is 0 Å². The van der Waals surface area contributed by atoms with Gasteiger partial charge in [0.15, 0.2) is 5.76 Å². The number of benzene rings is 2. The molecule has 0 saturated heterocycles. The molecular formula is C25H21N3O5. The second-order valence-corrected chi connectivity index (χ2v) is 7.13. The number of carboxylic acids is 1. The number of anilines is 2. The van der Waals surface area contributed by atoms with Gasteiger partial charge in [0.05, 0.1) is 12.2 Å². The molecule has 0 fully saturated rings. The molecule has 8 nitrogen and oxygen atoms in total. The van der Waals surface area contributed by atoms with Gasteiger partial charge in [0.2, 0.25) is 0 Å². The summed E-state index contributed by atoms with van der Waals surface area (Å²) in [4.78, 5) is 29.8. The summed E-state index contributed by atoms with van der Waals surface area (Å²) in [7, 11) is 0. The Morgan fingerprint density at radius 2 is 1.76 bits per heavy atom. The number of pyridine rings is 1. The summed E-state index contributed by atoms with van der Waals surface area (Å²) < 4.78 is 10.9. The molecule has 0 aliphatic carbocycles. The summed E-state index contributed by atoms with van der Waals surface area (Å²) in [6, 6.07) is 19.3. The summed E-state index contributed by atoms with van der Waals surface area (Å²) in [6.07, 6.45) is 0.996. The number of carbonyl (C=O) groups is 2. The minimum atomic E-state index is -0.983. The van der Waals surface area contributed by atoms with Gasteiger partial charge < -0.3 is 14.4 Å². The molecule has 0 bridgehead atoms. The quantitative estimate of drug-likeness (QED) is 0.407. The number of aryl methyl sites for hydroxylation is 1. The van der Waals surface area contributed by atoms with Gasteiger partial charge in [-0.25, -0.2) is 19.5 Å². The Morgan fingerprint density at radius 1 is 1.00 bits per heavy atom. The molecule has 0 aliphatic rings. The fraction of sp³-hybridized carbons (Fsp3) is 0.120. The maximum Gasteiger partial charge on any atom is 0.420 e. The molecule has 0 aliphatic heterocycles. The molecule has 4 rings (SSSR count). The van der Waals surface area contributed by atoms with E-state index in [1.165, 1.54) is 4.90 Å². The first kappa shape index (κ1) is 21.8. The molecule has 0 radical (unpaired) electrons. The van der Waals surface area contributed by atoms with E-state index in [0.717, 1.165) is 11.1 Å². The van der Waals surface area contributed by atoms with Gasteiger partial charge in [-0.1, -0.05) is 47.6 Å².